The minimum absolute atomic E-state index is 0.0115. The zero-order valence-electron chi connectivity index (χ0n) is 11.1. The molecule has 0 heterocycles. The van der Waals surface area contributed by atoms with Gasteiger partial charge >= 0.3 is 6.03 Å². The highest BCUT2D eigenvalue weighted by Gasteiger charge is 2.11. The van der Waals surface area contributed by atoms with Crippen molar-refractivity contribution in [2.75, 3.05) is 25.0 Å². The zero-order valence-corrected chi connectivity index (χ0v) is 11.1. The predicted octanol–water partition coefficient (Wildman–Crippen LogP) is 2.49. The highest BCUT2D eigenvalue weighted by atomic mass is 16.3. The van der Waals surface area contributed by atoms with Crippen molar-refractivity contribution in [3.8, 4) is 0 Å². The smallest absolute Gasteiger partial charge is 0.321 e. The largest absolute Gasteiger partial charge is 0.395 e. The Bertz CT molecular complexity index is 374. The van der Waals surface area contributed by atoms with E-state index in [1.807, 2.05) is 31.2 Å². The molecule has 0 radical (unpaired) electrons. The number of hydrogen-bond acceptors (Lipinski definition) is 2. The van der Waals surface area contributed by atoms with Crippen molar-refractivity contribution in [1.82, 2.24) is 4.90 Å². The van der Waals surface area contributed by atoms with E-state index in [1.165, 1.54) is 5.56 Å². The molecular formula is C14H22N2O2. The van der Waals surface area contributed by atoms with Crippen molar-refractivity contribution in [3.05, 3.63) is 29.8 Å². The number of aryl methyl sites for hydroxylation is 1. The van der Waals surface area contributed by atoms with Crippen molar-refractivity contribution in [3.63, 3.8) is 0 Å². The van der Waals surface area contributed by atoms with Gasteiger partial charge in [-0.25, -0.2) is 4.79 Å². The fourth-order valence-electron chi connectivity index (χ4n) is 1.78. The van der Waals surface area contributed by atoms with Crippen LogP contribution in [0, 0.1) is 0 Å². The molecule has 4 nitrogen and oxygen atoms in total. The van der Waals surface area contributed by atoms with Crippen LogP contribution in [0.1, 0.15) is 25.8 Å². The second-order valence-corrected chi connectivity index (χ2v) is 4.19. The number of hydrogen-bond donors (Lipinski definition) is 2. The Kier molecular flexibility index (Phi) is 6.22. The molecule has 18 heavy (non-hydrogen) atoms. The topological polar surface area (TPSA) is 52.6 Å². The van der Waals surface area contributed by atoms with Crippen LogP contribution in [-0.2, 0) is 6.42 Å². The zero-order chi connectivity index (χ0) is 13.4. The fourth-order valence-corrected chi connectivity index (χ4v) is 1.78. The molecule has 0 saturated heterocycles. The van der Waals surface area contributed by atoms with Crippen LogP contribution in [0.25, 0.3) is 0 Å². The van der Waals surface area contributed by atoms with Crippen LogP contribution in [0.2, 0.25) is 0 Å². The Hall–Kier alpha value is -1.55. The van der Waals surface area contributed by atoms with E-state index in [9.17, 15) is 4.79 Å². The number of aliphatic hydroxyl groups is 1. The number of nitrogens with one attached hydrogen (secondary N) is 1. The standard InChI is InChI=1S/C14H22N2O2/c1-3-8-16(9-10-17)14(18)15-13-7-5-6-12(4-2)11-13/h5-7,11,17H,3-4,8-10H2,1-2H3,(H,15,18). The van der Waals surface area contributed by atoms with E-state index in [4.69, 9.17) is 5.11 Å². The third-order valence-corrected chi connectivity index (χ3v) is 2.74. The number of nitrogens with zero attached hydrogens (tertiary/aromatic N) is 1. The average molecular weight is 250 g/mol. The minimum Gasteiger partial charge on any atom is -0.395 e. The molecule has 0 aliphatic rings. The van der Waals surface area contributed by atoms with E-state index in [0.29, 0.717) is 13.1 Å². The van der Waals surface area contributed by atoms with Crippen molar-refractivity contribution < 1.29 is 9.90 Å². The van der Waals surface area contributed by atoms with Gasteiger partial charge in [0, 0.05) is 18.8 Å². The third-order valence-electron chi connectivity index (χ3n) is 2.74. The molecule has 0 unspecified atom stereocenters. The molecule has 2 N–H and O–H groups in total. The van der Waals surface area contributed by atoms with Crippen LogP contribution in [0.3, 0.4) is 0 Å². The first-order valence-corrected chi connectivity index (χ1v) is 6.47. The Morgan fingerprint density at radius 3 is 2.72 bits per heavy atom. The van der Waals surface area contributed by atoms with E-state index in [1.54, 1.807) is 4.90 Å². The molecular weight excluding hydrogens is 228 g/mol. The van der Waals surface area contributed by atoms with Crippen LogP contribution in [0.4, 0.5) is 10.5 Å². The van der Waals surface area contributed by atoms with E-state index < -0.39 is 0 Å². The fraction of sp³-hybridized carbons (Fsp3) is 0.500. The SMILES string of the molecule is CCCN(CCO)C(=O)Nc1cccc(CC)c1. The summed E-state index contributed by atoms with van der Waals surface area (Å²) in [6, 6.07) is 7.66. The maximum atomic E-state index is 12.0. The first-order valence-electron chi connectivity index (χ1n) is 6.47. The van der Waals surface area contributed by atoms with Crippen molar-refractivity contribution in [2.45, 2.75) is 26.7 Å². The van der Waals surface area contributed by atoms with Gasteiger partial charge in [-0.15, -0.1) is 0 Å². The molecule has 2 amide bonds. The minimum atomic E-state index is -0.154. The van der Waals surface area contributed by atoms with E-state index in [-0.39, 0.29) is 12.6 Å². The number of carbonyl (C=O) groups is 1. The van der Waals surface area contributed by atoms with Crippen molar-refractivity contribution >= 4 is 11.7 Å². The number of carbonyl (C=O) groups excluding carboxylic acids is 1. The van der Waals surface area contributed by atoms with Crippen LogP contribution in [0.15, 0.2) is 24.3 Å². The number of benzene rings is 1. The molecule has 0 aromatic heterocycles. The number of aliphatic hydroxyl groups excluding tert-OH is 1. The Balaban J connectivity index is 2.66. The number of amides is 2. The molecule has 0 saturated carbocycles. The highest BCUT2D eigenvalue weighted by Crippen LogP contribution is 2.12. The number of rotatable bonds is 6. The van der Waals surface area contributed by atoms with Gasteiger partial charge < -0.3 is 15.3 Å². The number of anilines is 1. The summed E-state index contributed by atoms with van der Waals surface area (Å²) < 4.78 is 0. The lowest BCUT2D eigenvalue weighted by atomic mass is 10.1. The lowest BCUT2D eigenvalue weighted by molar-refractivity contribution is 0.188. The molecule has 0 bridgehead atoms. The third kappa shape index (κ3) is 4.37. The maximum absolute atomic E-state index is 12.0. The monoisotopic (exact) mass is 250 g/mol. The van der Waals surface area contributed by atoms with Gasteiger partial charge in [-0.3, -0.25) is 0 Å². The van der Waals surface area contributed by atoms with Gasteiger partial charge in [0.25, 0.3) is 0 Å². The van der Waals surface area contributed by atoms with Gasteiger partial charge in [0.1, 0.15) is 0 Å². The van der Waals surface area contributed by atoms with Gasteiger partial charge in [-0.2, -0.15) is 0 Å². The molecule has 100 valence electrons. The van der Waals surface area contributed by atoms with E-state index in [2.05, 4.69) is 12.2 Å². The summed E-state index contributed by atoms with van der Waals surface area (Å²) in [5, 5.41) is 11.8. The Morgan fingerprint density at radius 2 is 2.11 bits per heavy atom. The second-order valence-electron chi connectivity index (χ2n) is 4.19. The van der Waals surface area contributed by atoms with E-state index in [0.717, 1.165) is 18.5 Å². The maximum Gasteiger partial charge on any atom is 0.321 e. The first kappa shape index (κ1) is 14.5. The summed E-state index contributed by atoms with van der Waals surface area (Å²) in [7, 11) is 0. The van der Waals surface area contributed by atoms with Crippen LogP contribution in [-0.4, -0.2) is 35.7 Å². The summed E-state index contributed by atoms with van der Waals surface area (Å²) in [4.78, 5) is 13.6. The molecule has 0 fully saturated rings. The molecule has 0 spiro atoms. The molecule has 1 rings (SSSR count). The quantitative estimate of drug-likeness (QED) is 0.815. The van der Waals surface area contributed by atoms with Crippen LogP contribution in [0.5, 0.6) is 0 Å². The van der Waals surface area contributed by atoms with Gasteiger partial charge in [0.05, 0.1) is 6.61 Å². The molecule has 1 aromatic rings. The second kappa shape index (κ2) is 7.71. The average Bonchev–Trinajstić information content (AvgIpc) is 2.38. The summed E-state index contributed by atoms with van der Waals surface area (Å²) in [5.41, 5.74) is 2.00. The molecule has 1 aromatic carbocycles. The molecule has 0 aliphatic carbocycles. The Labute approximate surface area is 109 Å². The van der Waals surface area contributed by atoms with Gasteiger partial charge in [-0.1, -0.05) is 26.0 Å². The highest BCUT2D eigenvalue weighted by molar-refractivity contribution is 5.89. The van der Waals surface area contributed by atoms with Crippen molar-refractivity contribution in [2.24, 2.45) is 0 Å². The normalized spacial score (nSPS) is 10.2. The summed E-state index contributed by atoms with van der Waals surface area (Å²) in [5.74, 6) is 0. The molecule has 0 atom stereocenters. The first-order chi connectivity index (χ1) is 8.71. The predicted molar refractivity (Wildman–Crippen MR) is 73.8 cm³/mol. The Morgan fingerprint density at radius 1 is 1.33 bits per heavy atom. The van der Waals surface area contributed by atoms with Crippen LogP contribution >= 0.6 is 0 Å². The lowest BCUT2D eigenvalue weighted by Crippen LogP contribution is -2.37. The summed E-state index contributed by atoms with van der Waals surface area (Å²) in [6.45, 7) is 5.10. The summed E-state index contributed by atoms with van der Waals surface area (Å²) >= 11 is 0. The van der Waals surface area contributed by atoms with Crippen molar-refractivity contribution in [1.29, 1.82) is 0 Å². The molecule has 4 heteroatoms. The lowest BCUT2D eigenvalue weighted by Gasteiger charge is -2.21. The van der Waals surface area contributed by atoms with E-state index >= 15 is 0 Å². The van der Waals surface area contributed by atoms with Gasteiger partial charge in [-0.05, 0) is 30.5 Å². The molecule has 0 aliphatic heterocycles. The van der Waals surface area contributed by atoms with Gasteiger partial charge in [0.15, 0.2) is 0 Å². The number of urea groups is 1. The summed E-state index contributed by atoms with van der Waals surface area (Å²) in [6.07, 6.45) is 1.82. The van der Waals surface area contributed by atoms with Gasteiger partial charge in [0.2, 0.25) is 0 Å². The van der Waals surface area contributed by atoms with Crippen LogP contribution < -0.4 is 5.32 Å².